The molecule has 0 saturated carbocycles. The molecule has 2 fully saturated rings. The van der Waals surface area contributed by atoms with Gasteiger partial charge in [0.25, 0.3) is 0 Å². The SMILES string of the molecule is CC(=O)NCC(=O)N1C[C@@H](c2ccccc2)[C@@H]2NCCCCC[C@@H]21. The minimum absolute atomic E-state index is 0.0287. The molecule has 0 aromatic heterocycles. The molecule has 2 aliphatic rings. The van der Waals surface area contributed by atoms with E-state index >= 15 is 0 Å². The molecule has 1 aromatic carbocycles. The van der Waals surface area contributed by atoms with Crippen LogP contribution in [0.15, 0.2) is 30.3 Å². The average molecular weight is 329 g/mol. The summed E-state index contributed by atoms with van der Waals surface area (Å²) in [6, 6.07) is 11.0. The van der Waals surface area contributed by atoms with Crippen LogP contribution in [0.3, 0.4) is 0 Å². The fourth-order valence-electron chi connectivity index (χ4n) is 4.06. The van der Waals surface area contributed by atoms with Gasteiger partial charge in [-0.3, -0.25) is 9.59 Å². The first-order valence-corrected chi connectivity index (χ1v) is 8.99. The predicted octanol–water partition coefficient (Wildman–Crippen LogP) is 1.65. The molecule has 0 radical (unpaired) electrons. The van der Waals surface area contributed by atoms with Gasteiger partial charge in [-0.1, -0.05) is 43.2 Å². The van der Waals surface area contributed by atoms with Crippen LogP contribution in [0.1, 0.15) is 44.1 Å². The Balaban J connectivity index is 1.81. The van der Waals surface area contributed by atoms with Gasteiger partial charge < -0.3 is 15.5 Å². The van der Waals surface area contributed by atoms with Crippen molar-refractivity contribution in [1.82, 2.24) is 15.5 Å². The third-order valence-electron chi connectivity index (χ3n) is 5.24. The summed E-state index contributed by atoms with van der Waals surface area (Å²) >= 11 is 0. The number of rotatable bonds is 3. The molecule has 2 saturated heterocycles. The molecule has 0 spiro atoms. The van der Waals surface area contributed by atoms with Gasteiger partial charge in [-0.25, -0.2) is 0 Å². The summed E-state index contributed by atoms with van der Waals surface area (Å²) < 4.78 is 0. The van der Waals surface area contributed by atoms with Crippen molar-refractivity contribution >= 4 is 11.8 Å². The molecule has 3 atom stereocenters. The van der Waals surface area contributed by atoms with Crippen LogP contribution in [0, 0.1) is 0 Å². The summed E-state index contributed by atoms with van der Waals surface area (Å²) in [6.45, 7) is 3.28. The van der Waals surface area contributed by atoms with E-state index < -0.39 is 0 Å². The van der Waals surface area contributed by atoms with E-state index in [1.54, 1.807) is 0 Å². The van der Waals surface area contributed by atoms with Crippen LogP contribution in [0.4, 0.5) is 0 Å². The van der Waals surface area contributed by atoms with E-state index in [1.165, 1.54) is 25.3 Å². The molecule has 3 rings (SSSR count). The average Bonchev–Trinajstić information content (AvgIpc) is 2.91. The number of amides is 2. The lowest BCUT2D eigenvalue weighted by Gasteiger charge is -2.31. The summed E-state index contributed by atoms with van der Waals surface area (Å²) in [5.41, 5.74) is 1.29. The molecule has 2 amide bonds. The Morgan fingerprint density at radius 2 is 2.00 bits per heavy atom. The molecular formula is C19H27N3O2. The number of hydrogen-bond donors (Lipinski definition) is 2. The number of carbonyl (C=O) groups excluding carboxylic acids is 2. The van der Waals surface area contributed by atoms with E-state index in [0.717, 1.165) is 25.9 Å². The minimum Gasteiger partial charge on any atom is -0.347 e. The largest absolute Gasteiger partial charge is 0.347 e. The topological polar surface area (TPSA) is 61.4 Å². The lowest BCUT2D eigenvalue weighted by atomic mass is 9.88. The molecule has 0 unspecified atom stereocenters. The normalized spacial score (nSPS) is 27.0. The minimum atomic E-state index is -0.158. The summed E-state index contributed by atoms with van der Waals surface area (Å²) in [5, 5.41) is 6.35. The van der Waals surface area contributed by atoms with E-state index in [1.807, 2.05) is 11.0 Å². The second-order valence-electron chi connectivity index (χ2n) is 6.87. The zero-order valence-corrected chi connectivity index (χ0v) is 14.3. The zero-order valence-electron chi connectivity index (χ0n) is 14.3. The molecule has 2 N–H and O–H groups in total. The van der Waals surface area contributed by atoms with Crippen molar-refractivity contribution < 1.29 is 9.59 Å². The second kappa shape index (κ2) is 7.79. The molecule has 5 nitrogen and oxygen atoms in total. The van der Waals surface area contributed by atoms with Gasteiger partial charge in [-0.15, -0.1) is 0 Å². The number of benzene rings is 1. The van der Waals surface area contributed by atoms with Gasteiger partial charge in [0.1, 0.15) is 0 Å². The quantitative estimate of drug-likeness (QED) is 0.886. The molecule has 5 heteroatoms. The lowest BCUT2D eigenvalue weighted by Crippen LogP contribution is -2.49. The first-order chi connectivity index (χ1) is 11.7. The summed E-state index contributed by atoms with van der Waals surface area (Å²) in [7, 11) is 0. The van der Waals surface area contributed by atoms with Crippen molar-refractivity contribution in [3.63, 3.8) is 0 Å². The Morgan fingerprint density at radius 3 is 2.75 bits per heavy atom. The highest BCUT2D eigenvalue weighted by molar-refractivity contribution is 5.84. The van der Waals surface area contributed by atoms with Gasteiger partial charge in [0.05, 0.1) is 6.54 Å². The van der Waals surface area contributed by atoms with Crippen LogP contribution in [0.25, 0.3) is 0 Å². The number of nitrogens with zero attached hydrogens (tertiary/aromatic N) is 1. The van der Waals surface area contributed by atoms with Crippen LogP contribution < -0.4 is 10.6 Å². The third-order valence-corrected chi connectivity index (χ3v) is 5.24. The van der Waals surface area contributed by atoms with Gasteiger partial charge >= 0.3 is 0 Å². The van der Waals surface area contributed by atoms with Crippen LogP contribution in [-0.4, -0.2) is 48.4 Å². The zero-order chi connectivity index (χ0) is 16.9. The van der Waals surface area contributed by atoms with Gasteiger partial charge in [0, 0.05) is 31.5 Å². The highest BCUT2D eigenvalue weighted by Crippen LogP contribution is 2.35. The standard InChI is InChI=1S/C19H27N3O2/c1-14(23)21-12-18(24)22-13-16(15-8-4-2-5-9-15)19-17(22)10-6-3-7-11-20-19/h2,4-5,8-9,16-17,19-20H,3,6-7,10-13H2,1H3,(H,21,23)/t16-,17-,19-/m0/s1. The fraction of sp³-hybridized carbons (Fsp3) is 0.579. The first kappa shape index (κ1) is 17.0. The van der Waals surface area contributed by atoms with Crippen LogP contribution in [-0.2, 0) is 9.59 Å². The maximum atomic E-state index is 12.7. The van der Waals surface area contributed by atoms with Crippen LogP contribution in [0.5, 0.6) is 0 Å². The molecule has 130 valence electrons. The van der Waals surface area contributed by atoms with E-state index in [2.05, 4.69) is 34.9 Å². The maximum Gasteiger partial charge on any atom is 0.242 e. The molecule has 24 heavy (non-hydrogen) atoms. The van der Waals surface area contributed by atoms with Gasteiger partial charge in [-0.05, 0) is 24.9 Å². The second-order valence-corrected chi connectivity index (χ2v) is 6.87. The highest BCUT2D eigenvalue weighted by Gasteiger charge is 2.43. The van der Waals surface area contributed by atoms with Gasteiger partial charge in [0.15, 0.2) is 0 Å². The Bertz CT molecular complexity index is 575. The van der Waals surface area contributed by atoms with E-state index in [4.69, 9.17) is 0 Å². The van der Waals surface area contributed by atoms with Crippen molar-refractivity contribution in [2.24, 2.45) is 0 Å². The van der Waals surface area contributed by atoms with Crippen molar-refractivity contribution in [2.45, 2.75) is 50.6 Å². The predicted molar refractivity (Wildman–Crippen MR) is 93.6 cm³/mol. The Hall–Kier alpha value is -1.88. The van der Waals surface area contributed by atoms with E-state index in [0.29, 0.717) is 12.0 Å². The molecule has 1 aromatic rings. The summed E-state index contributed by atoms with van der Waals surface area (Å²) in [6.07, 6.45) is 4.60. The summed E-state index contributed by atoms with van der Waals surface area (Å²) in [5.74, 6) is 0.186. The summed E-state index contributed by atoms with van der Waals surface area (Å²) in [4.78, 5) is 25.8. The lowest BCUT2D eigenvalue weighted by molar-refractivity contribution is -0.133. The number of carbonyl (C=O) groups is 2. The van der Waals surface area contributed by atoms with Gasteiger partial charge in [0.2, 0.25) is 11.8 Å². The molecule has 0 bridgehead atoms. The highest BCUT2D eigenvalue weighted by atomic mass is 16.2. The third kappa shape index (κ3) is 3.78. The molecular weight excluding hydrogens is 302 g/mol. The van der Waals surface area contributed by atoms with Crippen molar-refractivity contribution in [3.8, 4) is 0 Å². The van der Waals surface area contributed by atoms with Crippen LogP contribution >= 0.6 is 0 Å². The molecule has 2 aliphatic heterocycles. The number of hydrogen-bond acceptors (Lipinski definition) is 3. The van der Waals surface area contributed by atoms with Crippen molar-refractivity contribution in [2.75, 3.05) is 19.6 Å². The molecule has 2 heterocycles. The monoisotopic (exact) mass is 329 g/mol. The smallest absolute Gasteiger partial charge is 0.242 e. The number of likely N-dealkylation sites (tertiary alicyclic amines) is 1. The van der Waals surface area contributed by atoms with E-state index in [9.17, 15) is 9.59 Å². The maximum absolute atomic E-state index is 12.7. The molecule has 0 aliphatic carbocycles. The van der Waals surface area contributed by atoms with Crippen molar-refractivity contribution in [3.05, 3.63) is 35.9 Å². The van der Waals surface area contributed by atoms with Gasteiger partial charge in [-0.2, -0.15) is 0 Å². The number of fused-ring (bicyclic) bond motifs is 1. The Morgan fingerprint density at radius 1 is 1.21 bits per heavy atom. The van der Waals surface area contributed by atoms with Crippen molar-refractivity contribution in [1.29, 1.82) is 0 Å². The van der Waals surface area contributed by atoms with E-state index in [-0.39, 0.29) is 24.4 Å². The van der Waals surface area contributed by atoms with Crippen LogP contribution in [0.2, 0.25) is 0 Å². The first-order valence-electron chi connectivity index (χ1n) is 8.99. The number of nitrogens with one attached hydrogen (secondary N) is 2. The Kier molecular flexibility index (Phi) is 5.51. The Labute approximate surface area is 143 Å². The fourth-order valence-corrected chi connectivity index (χ4v) is 4.06.